The predicted octanol–water partition coefficient (Wildman–Crippen LogP) is 1.02. The first-order chi connectivity index (χ1) is 10.6. The zero-order valence-corrected chi connectivity index (χ0v) is 11.3. The van der Waals surface area contributed by atoms with E-state index in [1.165, 1.54) is 29.6 Å². The molecule has 0 bridgehead atoms. The van der Waals surface area contributed by atoms with E-state index in [0.717, 1.165) is 0 Å². The number of carboxylic acid groups (broad SMARTS) is 1. The van der Waals surface area contributed by atoms with Gasteiger partial charge in [-0.05, 0) is 24.3 Å². The number of anilines is 1. The fourth-order valence-corrected chi connectivity index (χ4v) is 1.48. The van der Waals surface area contributed by atoms with Crippen LogP contribution in [0.2, 0.25) is 0 Å². The second-order valence-corrected chi connectivity index (χ2v) is 4.30. The van der Waals surface area contributed by atoms with Crippen LogP contribution in [0.4, 0.5) is 18.9 Å². The molecule has 0 aromatic heterocycles. The van der Waals surface area contributed by atoms with Gasteiger partial charge in [0.05, 0.1) is 18.1 Å². The molecule has 0 saturated carbocycles. The molecule has 0 aliphatic rings. The van der Waals surface area contributed by atoms with Crippen LogP contribution in [0.15, 0.2) is 24.3 Å². The normalized spacial score (nSPS) is 11.9. The molecular weight excluding hydrogens is 319 g/mol. The van der Waals surface area contributed by atoms with E-state index in [1.807, 2.05) is 6.07 Å². The zero-order chi connectivity index (χ0) is 17.6. The first kappa shape index (κ1) is 18.0. The van der Waals surface area contributed by atoms with Crippen LogP contribution in [-0.2, 0) is 14.4 Å². The molecular formula is C13H10F3N3O4. The van der Waals surface area contributed by atoms with Gasteiger partial charge in [-0.25, -0.2) is 0 Å². The van der Waals surface area contributed by atoms with Gasteiger partial charge in [0.1, 0.15) is 6.04 Å². The second kappa shape index (κ2) is 7.26. The maximum Gasteiger partial charge on any atom is 0.471 e. The van der Waals surface area contributed by atoms with E-state index in [0.29, 0.717) is 0 Å². The van der Waals surface area contributed by atoms with Crippen LogP contribution in [0.1, 0.15) is 12.0 Å². The van der Waals surface area contributed by atoms with Gasteiger partial charge in [-0.1, -0.05) is 0 Å². The van der Waals surface area contributed by atoms with Crippen LogP contribution in [0.25, 0.3) is 0 Å². The number of amides is 2. The molecule has 0 unspecified atom stereocenters. The SMILES string of the molecule is N#Cc1ccc(NC(=O)[C@H](CC(=O)O)NC(=O)C(F)(F)F)cc1. The summed E-state index contributed by atoms with van der Waals surface area (Å²) in [5, 5.41) is 20.7. The third-order valence-corrected chi connectivity index (χ3v) is 2.54. The molecule has 3 N–H and O–H groups in total. The van der Waals surface area contributed by atoms with Crippen LogP contribution in [0.3, 0.4) is 0 Å². The van der Waals surface area contributed by atoms with Gasteiger partial charge < -0.3 is 15.7 Å². The monoisotopic (exact) mass is 329 g/mol. The molecule has 0 aliphatic heterocycles. The molecule has 1 rings (SSSR count). The molecule has 122 valence electrons. The smallest absolute Gasteiger partial charge is 0.471 e. The largest absolute Gasteiger partial charge is 0.481 e. The van der Waals surface area contributed by atoms with Crippen molar-refractivity contribution in [2.75, 3.05) is 5.32 Å². The van der Waals surface area contributed by atoms with Gasteiger partial charge in [-0.2, -0.15) is 18.4 Å². The van der Waals surface area contributed by atoms with Crippen molar-refractivity contribution in [3.8, 4) is 6.07 Å². The van der Waals surface area contributed by atoms with Gasteiger partial charge in [0, 0.05) is 5.69 Å². The van der Waals surface area contributed by atoms with E-state index < -0.39 is 36.4 Å². The molecule has 0 heterocycles. The minimum atomic E-state index is -5.24. The number of carboxylic acids is 1. The maximum absolute atomic E-state index is 12.2. The molecule has 0 aliphatic carbocycles. The van der Waals surface area contributed by atoms with Crippen LogP contribution < -0.4 is 10.6 Å². The average Bonchev–Trinajstić information content (AvgIpc) is 2.45. The van der Waals surface area contributed by atoms with Gasteiger partial charge in [0.15, 0.2) is 0 Å². The summed E-state index contributed by atoms with van der Waals surface area (Å²) in [5.41, 5.74) is 0.418. The molecule has 10 heteroatoms. The van der Waals surface area contributed by atoms with Crippen molar-refractivity contribution in [2.24, 2.45) is 0 Å². The quantitative estimate of drug-likeness (QED) is 0.745. The Bertz CT molecular complexity index is 650. The van der Waals surface area contributed by atoms with Crippen molar-refractivity contribution in [1.82, 2.24) is 5.32 Å². The van der Waals surface area contributed by atoms with E-state index >= 15 is 0 Å². The number of nitriles is 1. The molecule has 0 radical (unpaired) electrons. The van der Waals surface area contributed by atoms with Crippen molar-refractivity contribution in [1.29, 1.82) is 5.26 Å². The van der Waals surface area contributed by atoms with Crippen LogP contribution >= 0.6 is 0 Å². The summed E-state index contributed by atoms with van der Waals surface area (Å²) in [4.78, 5) is 33.3. The molecule has 7 nitrogen and oxygen atoms in total. The second-order valence-electron chi connectivity index (χ2n) is 4.30. The summed E-state index contributed by atoms with van der Waals surface area (Å²) in [6.07, 6.45) is -6.27. The maximum atomic E-state index is 12.2. The number of nitrogens with zero attached hydrogens (tertiary/aromatic N) is 1. The predicted molar refractivity (Wildman–Crippen MR) is 70.0 cm³/mol. The Balaban J connectivity index is 2.84. The van der Waals surface area contributed by atoms with Gasteiger partial charge in [-0.3, -0.25) is 14.4 Å². The summed E-state index contributed by atoms with van der Waals surface area (Å²) in [6.45, 7) is 0. The Hall–Kier alpha value is -3.09. The van der Waals surface area contributed by atoms with Crippen molar-refractivity contribution in [3.05, 3.63) is 29.8 Å². The fraction of sp³-hybridized carbons (Fsp3) is 0.231. The van der Waals surface area contributed by atoms with Crippen LogP contribution in [-0.4, -0.2) is 35.1 Å². The van der Waals surface area contributed by atoms with Gasteiger partial charge >= 0.3 is 18.1 Å². The van der Waals surface area contributed by atoms with E-state index in [9.17, 15) is 27.6 Å². The van der Waals surface area contributed by atoms with E-state index in [2.05, 4.69) is 5.32 Å². The van der Waals surface area contributed by atoms with Crippen LogP contribution in [0, 0.1) is 11.3 Å². The number of rotatable bonds is 5. The fourth-order valence-electron chi connectivity index (χ4n) is 1.48. The number of aliphatic carboxylic acids is 1. The Morgan fingerprint density at radius 1 is 1.22 bits per heavy atom. The first-order valence-corrected chi connectivity index (χ1v) is 6.04. The summed E-state index contributed by atoms with van der Waals surface area (Å²) >= 11 is 0. The lowest BCUT2D eigenvalue weighted by Crippen LogP contribution is -2.49. The highest BCUT2D eigenvalue weighted by Gasteiger charge is 2.41. The number of hydrogen-bond acceptors (Lipinski definition) is 4. The Morgan fingerprint density at radius 3 is 2.22 bits per heavy atom. The Kier molecular flexibility index (Phi) is 5.67. The van der Waals surface area contributed by atoms with Gasteiger partial charge in [0.2, 0.25) is 5.91 Å². The first-order valence-electron chi connectivity index (χ1n) is 6.04. The lowest BCUT2D eigenvalue weighted by Gasteiger charge is -2.17. The molecule has 23 heavy (non-hydrogen) atoms. The Labute approximate surface area is 127 Å². The highest BCUT2D eigenvalue weighted by molar-refractivity contribution is 5.99. The van der Waals surface area contributed by atoms with E-state index in [4.69, 9.17) is 10.4 Å². The Morgan fingerprint density at radius 2 is 1.78 bits per heavy atom. The minimum Gasteiger partial charge on any atom is -0.481 e. The molecule has 2 amide bonds. The molecule has 1 aromatic rings. The molecule has 1 atom stereocenters. The van der Waals surface area contributed by atoms with Crippen molar-refractivity contribution in [3.63, 3.8) is 0 Å². The summed E-state index contributed by atoms with van der Waals surface area (Å²) in [6, 6.07) is 5.22. The molecule has 0 spiro atoms. The number of nitrogens with one attached hydrogen (secondary N) is 2. The number of alkyl halides is 3. The van der Waals surface area contributed by atoms with Crippen LogP contribution in [0.5, 0.6) is 0 Å². The molecule has 1 aromatic carbocycles. The summed E-state index contributed by atoms with van der Waals surface area (Å²) < 4.78 is 36.6. The van der Waals surface area contributed by atoms with Crippen molar-refractivity contribution >= 4 is 23.5 Å². The van der Waals surface area contributed by atoms with Crippen molar-refractivity contribution in [2.45, 2.75) is 18.6 Å². The molecule has 0 saturated heterocycles. The van der Waals surface area contributed by atoms with E-state index in [1.54, 1.807) is 0 Å². The number of carbonyl (C=O) groups excluding carboxylic acids is 2. The third kappa shape index (κ3) is 5.66. The topological polar surface area (TPSA) is 119 Å². The number of benzene rings is 1. The average molecular weight is 329 g/mol. The molecule has 0 fully saturated rings. The summed E-state index contributed by atoms with van der Waals surface area (Å²) in [5.74, 6) is -5.11. The lowest BCUT2D eigenvalue weighted by molar-refractivity contribution is -0.174. The summed E-state index contributed by atoms with van der Waals surface area (Å²) in [7, 11) is 0. The van der Waals surface area contributed by atoms with E-state index in [-0.39, 0.29) is 11.3 Å². The number of carbonyl (C=O) groups is 3. The third-order valence-electron chi connectivity index (χ3n) is 2.54. The zero-order valence-electron chi connectivity index (χ0n) is 11.3. The highest BCUT2D eigenvalue weighted by Crippen LogP contribution is 2.15. The number of halogens is 3. The minimum absolute atomic E-state index is 0.130. The van der Waals surface area contributed by atoms with Crippen molar-refractivity contribution < 1.29 is 32.7 Å². The van der Waals surface area contributed by atoms with Gasteiger partial charge in [0.25, 0.3) is 0 Å². The highest BCUT2D eigenvalue weighted by atomic mass is 19.4. The van der Waals surface area contributed by atoms with Gasteiger partial charge in [-0.15, -0.1) is 0 Å². The lowest BCUT2D eigenvalue weighted by atomic mass is 10.1. The number of hydrogen-bond donors (Lipinski definition) is 3. The standard InChI is InChI=1S/C13H10F3N3O4/c14-13(15,16)12(23)19-9(5-10(20)21)11(22)18-8-3-1-7(6-17)2-4-8/h1-4,9H,5H2,(H,18,22)(H,19,23)(H,20,21)/t9-/m0/s1.